The fourth-order valence-corrected chi connectivity index (χ4v) is 3.14. The smallest absolute Gasteiger partial charge is 0.337 e. The maximum Gasteiger partial charge on any atom is 0.337 e. The first kappa shape index (κ1) is 11.9. The Bertz CT molecular complexity index is 287. The van der Waals surface area contributed by atoms with Gasteiger partial charge in [-0.1, -0.05) is 20.8 Å². The zero-order valence-electron chi connectivity index (χ0n) is 10.7. The zero-order chi connectivity index (χ0) is 11.9. The van der Waals surface area contributed by atoms with Crippen molar-refractivity contribution in [3.8, 4) is 0 Å². The van der Waals surface area contributed by atoms with E-state index < -0.39 is 11.9 Å². The van der Waals surface area contributed by atoms with Crippen LogP contribution < -0.4 is 0 Å². The van der Waals surface area contributed by atoms with Crippen LogP contribution in [-0.4, -0.2) is 17.9 Å². The molecule has 1 saturated carbocycles. The van der Waals surface area contributed by atoms with Gasteiger partial charge in [-0.2, -0.15) is 0 Å². The second-order valence-corrected chi connectivity index (χ2v) is 5.73. The molecule has 0 aromatic carbocycles. The van der Waals surface area contributed by atoms with E-state index >= 15 is 0 Å². The van der Waals surface area contributed by atoms with Gasteiger partial charge >= 0.3 is 5.97 Å². The lowest BCUT2D eigenvalue weighted by Crippen LogP contribution is -2.46. The topological polar surface area (TPSA) is 35.5 Å². The summed E-state index contributed by atoms with van der Waals surface area (Å²) in [5.41, 5.74) is 0. The third-order valence-electron chi connectivity index (χ3n) is 3.95. The molecule has 3 nitrogen and oxygen atoms in total. The first-order valence-electron chi connectivity index (χ1n) is 6.35. The van der Waals surface area contributed by atoms with E-state index in [2.05, 4.69) is 20.8 Å². The average Bonchev–Trinajstić information content (AvgIpc) is 2.41. The SMILES string of the molecule is CC(C)[C@@H]1CC[C@@H](C)C[C@]12OC(=O)[C@@H](C)O2. The lowest BCUT2D eigenvalue weighted by Gasteiger charge is -2.43. The third-order valence-corrected chi connectivity index (χ3v) is 3.95. The molecule has 2 aliphatic rings. The molecule has 0 unspecified atom stereocenters. The molecule has 1 aliphatic carbocycles. The Labute approximate surface area is 97.5 Å². The zero-order valence-corrected chi connectivity index (χ0v) is 10.7. The van der Waals surface area contributed by atoms with Crippen LogP contribution in [-0.2, 0) is 14.3 Å². The molecule has 0 aromatic heterocycles. The van der Waals surface area contributed by atoms with Gasteiger partial charge in [0.05, 0.1) is 0 Å². The fraction of sp³-hybridized carbons (Fsp3) is 0.923. The van der Waals surface area contributed by atoms with Crippen molar-refractivity contribution in [2.75, 3.05) is 0 Å². The third kappa shape index (κ3) is 1.86. The molecule has 0 bridgehead atoms. The molecule has 1 saturated heterocycles. The van der Waals surface area contributed by atoms with E-state index in [1.165, 1.54) is 6.42 Å². The second kappa shape index (κ2) is 4.02. The normalized spacial score (nSPS) is 44.1. The van der Waals surface area contributed by atoms with Crippen molar-refractivity contribution in [2.45, 2.75) is 58.8 Å². The van der Waals surface area contributed by atoms with Gasteiger partial charge in [0.1, 0.15) is 0 Å². The number of esters is 1. The van der Waals surface area contributed by atoms with E-state index in [9.17, 15) is 4.79 Å². The molecule has 1 heterocycles. The highest BCUT2D eigenvalue weighted by Crippen LogP contribution is 2.47. The molecule has 4 atom stereocenters. The Morgan fingerprint density at radius 3 is 2.50 bits per heavy atom. The first-order valence-corrected chi connectivity index (χ1v) is 6.35. The van der Waals surface area contributed by atoms with Gasteiger partial charge in [-0.15, -0.1) is 0 Å². The van der Waals surface area contributed by atoms with Crippen LogP contribution >= 0.6 is 0 Å². The molecular formula is C13H22O3. The van der Waals surface area contributed by atoms with Crippen LogP contribution in [0.5, 0.6) is 0 Å². The van der Waals surface area contributed by atoms with E-state index in [0.717, 1.165) is 12.8 Å². The van der Waals surface area contributed by atoms with Crippen LogP contribution in [0.15, 0.2) is 0 Å². The summed E-state index contributed by atoms with van der Waals surface area (Å²) in [5, 5.41) is 0. The highest BCUT2D eigenvalue weighted by molar-refractivity contribution is 5.76. The maximum atomic E-state index is 11.6. The van der Waals surface area contributed by atoms with E-state index in [-0.39, 0.29) is 5.97 Å². The van der Waals surface area contributed by atoms with Crippen LogP contribution in [0, 0.1) is 17.8 Å². The van der Waals surface area contributed by atoms with Gasteiger partial charge in [-0.05, 0) is 31.6 Å². The van der Waals surface area contributed by atoms with Crippen molar-refractivity contribution >= 4 is 5.97 Å². The summed E-state index contributed by atoms with van der Waals surface area (Å²) in [6.45, 7) is 8.36. The number of carbonyl (C=O) groups excluding carboxylic acids is 1. The number of ether oxygens (including phenoxy) is 2. The number of rotatable bonds is 1. The molecule has 92 valence electrons. The molecule has 0 amide bonds. The molecule has 0 aromatic rings. The minimum atomic E-state index is -0.623. The molecule has 2 fully saturated rings. The lowest BCUT2D eigenvalue weighted by atomic mass is 9.73. The molecule has 0 radical (unpaired) electrons. The summed E-state index contributed by atoms with van der Waals surface area (Å²) in [7, 11) is 0. The van der Waals surface area contributed by atoms with E-state index in [1.807, 2.05) is 0 Å². The first-order chi connectivity index (χ1) is 7.44. The van der Waals surface area contributed by atoms with Gasteiger partial charge in [0.15, 0.2) is 6.10 Å². The maximum absolute atomic E-state index is 11.6. The Hall–Kier alpha value is -0.570. The molecule has 1 aliphatic heterocycles. The number of hydrogen-bond acceptors (Lipinski definition) is 3. The quantitative estimate of drug-likeness (QED) is 0.645. The monoisotopic (exact) mass is 226 g/mol. The summed E-state index contributed by atoms with van der Waals surface area (Å²) >= 11 is 0. The number of carbonyl (C=O) groups is 1. The summed E-state index contributed by atoms with van der Waals surface area (Å²) in [6, 6.07) is 0. The van der Waals surface area contributed by atoms with Crippen molar-refractivity contribution in [1.82, 2.24) is 0 Å². The van der Waals surface area contributed by atoms with Crippen molar-refractivity contribution < 1.29 is 14.3 Å². The fourth-order valence-electron chi connectivity index (χ4n) is 3.14. The molecule has 3 heteroatoms. The summed E-state index contributed by atoms with van der Waals surface area (Å²) in [4.78, 5) is 11.6. The molecule has 1 spiro atoms. The summed E-state index contributed by atoms with van der Waals surface area (Å²) in [6.07, 6.45) is 2.76. The number of hydrogen-bond donors (Lipinski definition) is 0. The van der Waals surface area contributed by atoms with Crippen molar-refractivity contribution in [3.63, 3.8) is 0 Å². The van der Waals surface area contributed by atoms with Crippen LogP contribution in [0.1, 0.15) is 47.0 Å². The van der Waals surface area contributed by atoms with Gasteiger partial charge in [0.2, 0.25) is 5.79 Å². The molecule has 16 heavy (non-hydrogen) atoms. The van der Waals surface area contributed by atoms with Crippen LogP contribution in [0.4, 0.5) is 0 Å². The van der Waals surface area contributed by atoms with Crippen molar-refractivity contribution in [1.29, 1.82) is 0 Å². The predicted octanol–water partition coefficient (Wildman–Crippen LogP) is 2.74. The molecule has 0 N–H and O–H groups in total. The Balaban J connectivity index is 2.23. The molecule has 2 rings (SSSR count). The van der Waals surface area contributed by atoms with Gasteiger partial charge in [-0.25, -0.2) is 4.79 Å². The van der Waals surface area contributed by atoms with Gasteiger partial charge < -0.3 is 9.47 Å². The van der Waals surface area contributed by atoms with Gasteiger partial charge in [-0.3, -0.25) is 0 Å². The lowest BCUT2D eigenvalue weighted by molar-refractivity contribution is -0.235. The van der Waals surface area contributed by atoms with Crippen molar-refractivity contribution in [3.05, 3.63) is 0 Å². The Morgan fingerprint density at radius 1 is 1.31 bits per heavy atom. The minimum Gasteiger partial charge on any atom is -0.431 e. The predicted molar refractivity (Wildman–Crippen MR) is 60.7 cm³/mol. The summed E-state index contributed by atoms with van der Waals surface area (Å²) in [5.74, 6) is 0.596. The summed E-state index contributed by atoms with van der Waals surface area (Å²) < 4.78 is 11.5. The van der Waals surface area contributed by atoms with Crippen LogP contribution in [0.3, 0.4) is 0 Å². The van der Waals surface area contributed by atoms with E-state index in [1.54, 1.807) is 6.92 Å². The Morgan fingerprint density at radius 2 is 2.00 bits per heavy atom. The highest BCUT2D eigenvalue weighted by Gasteiger charge is 2.54. The van der Waals surface area contributed by atoms with Crippen LogP contribution in [0.2, 0.25) is 0 Å². The largest absolute Gasteiger partial charge is 0.431 e. The van der Waals surface area contributed by atoms with Gasteiger partial charge in [0, 0.05) is 12.3 Å². The van der Waals surface area contributed by atoms with E-state index in [0.29, 0.717) is 17.8 Å². The standard InChI is InChI=1S/C13H22O3/c1-8(2)11-6-5-9(3)7-13(11)15-10(4)12(14)16-13/h8-11H,5-7H2,1-4H3/t9-,10-,11+,13+/m1/s1. The highest BCUT2D eigenvalue weighted by atomic mass is 16.8. The minimum absolute atomic E-state index is 0.195. The van der Waals surface area contributed by atoms with Crippen molar-refractivity contribution in [2.24, 2.45) is 17.8 Å². The van der Waals surface area contributed by atoms with Gasteiger partial charge in [0.25, 0.3) is 0 Å². The van der Waals surface area contributed by atoms with E-state index in [4.69, 9.17) is 9.47 Å². The second-order valence-electron chi connectivity index (χ2n) is 5.73. The Kier molecular flexibility index (Phi) is 2.99. The molecular weight excluding hydrogens is 204 g/mol. The average molecular weight is 226 g/mol. The van der Waals surface area contributed by atoms with Crippen LogP contribution in [0.25, 0.3) is 0 Å².